The van der Waals surface area contributed by atoms with Crippen LogP contribution in [-0.4, -0.2) is 20.3 Å². The van der Waals surface area contributed by atoms with E-state index < -0.39 is 0 Å². The number of ether oxygens (including phenoxy) is 2. The molecule has 2 rings (SSSR count). The maximum Gasteiger partial charge on any atom is 0.162 e. The second-order valence-electron chi connectivity index (χ2n) is 4.47. The van der Waals surface area contributed by atoms with E-state index in [-0.39, 0.29) is 5.41 Å². The molecular formula is C13H16N2O2. The van der Waals surface area contributed by atoms with E-state index in [0.717, 1.165) is 12.8 Å². The Hall–Kier alpha value is -1.73. The molecule has 1 aliphatic carbocycles. The van der Waals surface area contributed by atoms with Crippen LogP contribution in [0.2, 0.25) is 0 Å². The van der Waals surface area contributed by atoms with Crippen molar-refractivity contribution in [3.05, 3.63) is 23.8 Å². The minimum Gasteiger partial charge on any atom is -0.493 e. The normalized spacial score (nSPS) is 16.1. The predicted molar refractivity (Wildman–Crippen MR) is 63.9 cm³/mol. The summed E-state index contributed by atoms with van der Waals surface area (Å²) in [6.07, 6.45) is 2.23. The SMILES string of the molecule is COc1ccc(C#N)cc1OCC1(CN)CC1. The van der Waals surface area contributed by atoms with Crippen LogP contribution in [0.4, 0.5) is 0 Å². The highest BCUT2D eigenvalue weighted by Crippen LogP contribution is 2.45. The first-order valence-corrected chi connectivity index (χ1v) is 5.64. The van der Waals surface area contributed by atoms with Gasteiger partial charge in [-0.1, -0.05) is 0 Å². The first-order valence-electron chi connectivity index (χ1n) is 5.64. The van der Waals surface area contributed by atoms with Crippen molar-refractivity contribution in [1.29, 1.82) is 5.26 Å². The molecule has 1 fully saturated rings. The van der Waals surface area contributed by atoms with Gasteiger partial charge in [0.2, 0.25) is 0 Å². The molecule has 90 valence electrons. The molecule has 4 heteroatoms. The summed E-state index contributed by atoms with van der Waals surface area (Å²) in [6, 6.07) is 7.24. The van der Waals surface area contributed by atoms with E-state index in [1.807, 2.05) is 0 Å². The van der Waals surface area contributed by atoms with Crippen LogP contribution in [0.15, 0.2) is 18.2 Å². The van der Waals surface area contributed by atoms with Gasteiger partial charge >= 0.3 is 0 Å². The van der Waals surface area contributed by atoms with Gasteiger partial charge in [-0.2, -0.15) is 5.26 Å². The van der Waals surface area contributed by atoms with E-state index in [0.29, 0.717) is 30.2 Å². The summed E-state index contributed by atoms with van der Waals surface area (Å²) in [5.41, 5.74) is 6.41. The lowest BCUT2D eigenvalue weighted by Gasteiger charge is -2.15. The van der Waals surface area contributed by atoms with Crippen LogP contribution in [0.3, 0.4) is 0 Å². The second-order valence-corrected chi connectivity index (χ2v) is 4.47. The van der Waals surface area contributed by atoms with Crippen LogP contribution < -0.4 is 15.2 Å². The zero-order chi connectivity index (χ0) is 12.3. The van der Waals surface area contributed by atoms with Gasteiger partial charge in [0, 0.05) is 18.0 Å². The predicted octanol–water partition coefficient (Wildman–Crippen LogP) is 1.68. The maximum absolute atomic E-state index is 8.85. The van der Waals surface area contributed by atoms with Gasteiger partial charge in [-0.25, -0.2) is 0 Å². The third-order valence-corrected chi connectivity index (χ3v) is 3.22. The lowest BCUT2D eigenvalue weighted by Crippen LogP contribution is -2.22. The fraction of sp³-hybridized carbons (Fsp3) is 0.462. The van der Waals surface area contributed by atoms with Crippen LogP contribution in [-0.2, 0) is 0 Å². The van der Waals surface area contributed by atoms with Gasteiger partial charge in [-0.3, -0.25) is 0 Å². The Morgan fingerprint density at radius 1 is 1.41 bits per heavy atom. The van der Waals surface area contributed by atoms with Crippen LogP contribution in [0, 0.1) is 16.7 Å². The van der Waals surface area contributed by atoms with Gasteiger partial charge in [-0.05, 0) is 25.0 Å². The molecule has 1 aromatic rings. The number of benzene rings is 1. The van der Waals surface area contributed by atoms with Gasteiger partial charge in [0.25, 0.3) is 0 Å². The largest absolute Gasteiger partial charge is 0.493 e. The van der Waals surface area contributed by atoms with Crippen LogP contribution >= 0.6 is 0 Å². The van der Waals surface area contributed by atoms with Crippen molar-refractivity contribution in [2.24, 2.45) is 11.1 Å². The number of hydrogen-bond acceptors (Lipinski definition) is 4. The first kappa shape index (κ1) is 11.7. The molecule has 0 radical (unpaired) electrons. The first-order chi connectivity index (χ1) is 8.23. The molecule has 0 aromatic heterocycles. The summed E-state index contributed by atoms with van der Waals surface area (Å²) in [7, 11) is 1.59. The number of nitrogens with two attached hydrogens (primary N) is 1. The number of rotatable bonds is 5. The average Bonchev–Trinajstić information content (AvgIpc) is 3.16. The number of nitrogens with zero attached hydrogens (tertiary/aromatic N) is 1. The molecule has 0 saturated heterocycles. The lowest BCUT2D eigenvalue weighted by molar-refractivity contribution is 0.229. The van der Waals surface area contributed by atoms with Crippen molar-refractivity contribution >= 4 is 0 Å². The van der Waals surface area contributed by atoms with Crippen molar-refractivity contribution in [3.63, 3.8) is 0 Å². The molecule has 0 unspecified atom stereocenters. The molecule has 0 aliphatic heterocycles. The van der Waals surface area contributed by atoms with Gasteiger partial charge in [0.05, 0.1) is 25.3 Å². The highest BCUT2D eigenvalue weighted by atomic mass is 16.5. The fourth-order valence-corrected chi connectivity index (χ4v) is 1.67. The van der Waals surface area contributed by atoms with Crippen LogP contribution in [0.25, 0.3) is 0 Å². The topological polar surface area (TPSA) is 68.3 Å². The summed E-state index contributed by atoms with van der Waals surface area (Å²) >= 11 is 0. The second kappa shape index (κ2) is 4.64. The Labute approximate surface area is 101 Å². The number of hydrogen-bond donors (Lipinski definition) is 1. The van der Waals surface area contributed by atoms with Crippen molar-refractivity contribution in [2.75, 3.05) is 20.3 Å². The summed E-state index contributed by atoms with van der Waals surface area (Å²) in [5, 5.41) is 8.85. The fourth-order valence-electron chi connectivity index (χ4n) is 1.67. The van der Waals surface area contributed by atoms with Crippen LogP contribution in [0.1, 0.15) is 18.4 Å². The van der Waals surface area contributed by atoms with Crippen molar-refractivity contribution in [1.82, 2.24) is 0 Å². The Morgan fingerprint density at radius 3 is 2.71 bits per heavy atom. The summed E-state index contributed by atoms with van der Waals surface area (Å²) in [5.74, 6) is 1.27. The average molecular weight is 232 g/mol. The van der Waals surface area contributed by atoms with E-state index in [2.05, 4.69) is 6.07 Å². The summed E-state index contributed by atoms with van der Waals surface area (Å²) in [4.78, 5) is 0. The molecule has 0 atom stereocenters. The molecule has 1 aliphatic rings. The molecule has 0 amide bonds. The number of methoxy groups -OCH3 is 1. The molecular weight excluding hydrogens is 216 g/mol. The third kappa shape index (κ3) is 2.51. The quantitative estimate of drug-likeness (QED) is 0.838. The third-order valence-electron chi connectivity index (χ3n) is 3.22. The van der Waals surface area contributed by atoms with E-state index in [1.165, 1.54) is 0 Å². The molecule has 4 nitrogen and oxygen atoms in total. The maximum atomic E-state index is 8.85. The number of nitriles is 1. The monoisotopic (exact) mass is 232 g/mol. The van der Waals surface area contributed by atoms with Gasteiger partial charge in [-0.15, -0.1) is 0 Å². The Bertz CT molecular complexity index is 447. The Balaban J connectivity index is 2.11. The zero-order valence-corrected chi connectivity index (χ0v) is 9.90. The summed E-state index contributed by atoms with van der Waals surface area (Å²) < 4.78 is 10.9. The van der Waals surface area contributed by atoms with Gasteiger partial charge in [0.15, 0.2) is 11.5 Å². The highest BCUT2D eigenvalue weighted by Gasteiger charge is 2.42. The molecule has 0 spiro atoms. The Morgan fingerprint density at radius 2 is 2.18 bits per heavy atom. The zero-order valence-electron chi connectivity index (χ0n) is 9.90. The van der Waals surface area contributed by atoms with Gasteiger partial charge < -0.3 is 15.2 Å². The molecule has 0 bridgehead atoms. The molecule has 17 heavy (non-hydrogen) atoms. The van der Waals surface area contributed by atoms with E-state index >= 15 is 0 Å². The smallest absolute Gasteiger partial charge is 0.162 e. The van der Waals surface area contributed by atoms with Crippen molar-refractivity contribution in [2.45, 2.75) is 12.8 Å². The minimum atomic E-state index is 0.146. The minimum absolute atomic E-state index is 0.146. The van der Waals surface area contributed by atoms with E-state index in [1.54, 1.807) is 25.3 Å². The summed E-state index contributed by atoms with van der Waals surface area (Å²) in [6.45, 7) is 1.24. The highest BCUT2D eigenvalue weighted by molar-refractivity contribution is 5.46. The van der Waals surface area contributed by atoms with Crippen molar-refractivity contribution in [3.8, 4) is 17.6 Å². The standard InChI is InChI=1S/C13H16N2O2/c1-16-11-3-2-10(7-14)6-12(11)17-9-13(8-15)4-5-13/h2-3,6H,4-5,8-9,15H2,1H3. The van der Waals surface area contributed by atoms with Gasteiger partial charge in [0.1, 0.15) is 0 Å². The van der Waals surface area contributed by atoms with E-state index in [9.17, 15) is 0 Å². The Kier molecular flexibility index (Phi) is 3.21. The van der Waals surface area contributed by atoms with Crippen LogP contribution in [0.5, 0.6) is 11.5 Å². The van der Waals surface area contributed by atoms with E-state index in [4.69, 9.17) is 20.5 Å². The lowest BCUT2D eigenvalue weighted by atomic mass is 10.1. The van der Waals surface area contributed by atoms with Crippen molar-refractivity contribution < 1.29 is 9.47 Å². The molecule has 1 aromatic carbocycles. The molecule has 0 heterocycles. The molecule has 2 N–H and O–H groups in total. The molecule has 1 saturated carbocycles.